The molecule has 1 saturated heterocycles. The molecule has 1 fully saturated rings. The van der Waals surface area contributed by atoms with Crippen LogP contribution in [0.3, 0.4) is 0 Å². The highest BCUT2D eigenvalue weighted by Crippen LogP contribution is 2.51. The SMILES string of the molecule is C=C1SC(=Nc2ccc(C)cc2C)/C(=C/Sc2nccc(C)n2)C(C)C1(C)C. The zero-order valence-electron chi connectivity index (χ0n) is 17.4. The summed E-state index contributed by atoms with van der Waals surface area (Å²) in [4.78, 5) is 15.1. The number of rotatable bonds is 3. The molecule has 5 heteroatoms. The van der Waals surface area contributed by atoms with Gasteiger partial charge in [-0.05, 0) is 60.3 Å². The Morgan fingerprint density at radius 2 is 1.96 bits per heavy atom. The van der Waals surface area contributed by atoms with Gasteiger partial charge >= 0.3 is 0 Å². The van der Waals surface area contributed by atoms with E-state index in [1.165, 1.54) is 16.7 Å². The van der Waals surface area contributed by atoms with Crippen LogP contribution in [0.4, 0.5) is 5.69 Å². The minimum absolute atomic E-state index is 0.00807. The lowest BCUT2D eigenvalue weighted by Gasteiger charge is -2.40. The maximum Gasteiger partial charge on any atom is 0.192 e. The van der Waals surface area contributed by atoms with Crippen LogP contribution < -0.4 is 0 Å². The van der Waals surface area contributed by atoms with Crippen molar-refractivity contribution in [3.05, 3.63) is 69.7 Å². The second kappa shape index (κ2) is 8.26. The Labute approximate surface area is 176 Å². The molecule has 1 unspecified atom stereocenters. The summed E-state index contributed by atoms with van der Waals surface area (Å²) in [6, 6.07) is 8.30. The highest BCUT2D eigenvalue weighted by Gasteiger charge is 2.39. The van der Waals surface area contributed by atoms with Crippen molar-refractivity contribution >= 4 is 34.3 Å². The minimum atomic E-state index is -0.00807. The Morgan fingerprint density at radius 3 is 2.64 bits per heavy atom. The fraction of sp³-hybridized carbons (Fsp3) is 0.348. The normalized spacial score (nSPS) is 22.1. The number of aliphatic imine (C=N–C) groups is 1. The lowest BCUT2D eigenvalue weighted by Crippen LogP contribution is -2.31. The molecule has 1 aromatic heterocycles. The summed E-state index contributed by atoms with van der Waals surface area (Å²) < 4.78 is 0. The van der Waals surface area contributed by atoms with Gasteiger partial charge in [0, 0.05) is 17.3 Å². The van der Waals surface area contributed by atoms with Gasteiger partial charge in [-0.3, -0.25) is 0 Å². The molecule has 1 atom stereocenters. The van der Waals surface area contributed by atoms with Crippen LogP contribution in [-0.4, -0.2) is 15.0 Å². The van der Waals surface area contributed by atoms with E-state index in [2.05, 4.69) is 74.8 Å². The predicted octanol–water partition coefficient (Wildman–Crippen LogP) is 7.03. The zero-order chi connectivity index (χ0) is 20.5. The monoisotopic (exact) mass is 409 g/mol. The number of benzene rings is 1. The molecule has 3 nitrogen and oxygen atoms in total. The Hall–Kier alpha value is -1.85. The maximum atomic E-state index is 5.03. The standard InChI is InChI=1S/C23H27N3S2/c1-14-8-9-20(15(2)12-14)26-21-19(17(4)23(6,7)18(5)28-21)13-27-22-24-11-10-16(3)25-22/h8-13,17H,5H2,1-4,6-7H3/b19-13+,26-21?. The fourth-order valence-corrected chi connectivity index (χ4v) is 5.11. The average molecular weight is 410 g/mol. The largest absolute Gasteiger partial charge is 0.241 e. The molecule has 0 amide bonds. The van der Waals surface area contributed by atoms with Crippen molar-refractivity contribution in [2.45, 2.75) is 46.7 Å². The van der Waals surface area contributed by atoms with Gasteiger partial charge in [-0.2, -0.15) is 0 Å². The summed E-state index contributed by atoms with van der Waals surface area (Å²) in [6.45, 7) is 17.3. The Morgan fingerprint density at radius 1 is 1.21 bits per heavy atom. The molecule has 1 aliphatic heterocycles. The van der Waals surface area contributed by atoms with Crippen LogP contribution >= 0.6 is 23.5 Å². The van der Waals surface area contributed by atoms with Gasteiger partial charge in [0.05, 0.1) is 5.69 Å². The van der Waals surface area contributed by atoms with Gasteiger partial charge in [-0.15, -0.1) is 0 Å². The lowest BCUT2D eigenvalue weighted by atomic mass is 9.76. The first kappa shape index (κ1) is 20.9. The summed E-state index contributed by atoms with van der Waals surface area (Å²) >= 11 is 3.24. The van der Waals surface area contributed by atoms with Gasteiger partial charge in [0.2, 0.25) is 0 Å². The van der Waals surface area contributed by atoms with Crippen LogP contribution in [0.5, 0.6) is 0 Å². The number of thioether (sulfide) groups is 2. The van der Waals surface area contributed by atoms with Crippen molar-refractivity contribution in [3.8, 4) is 0 Å². The van der Waals surface area contributed by atoms with Crippen LogP contribution in [0, 0.1) is 32.1 Å². The molecular weight excluding hydrogens is 382 g/mol. The first-order valence-electron chi connectivity index (χ1n) is 9.38. The molecule has 0 spiro atoms. The second-order valence-corrected chi connectivity index (χ2v) is 9.77. The highest BCUT2D eigenvalue weighted by atomic mass is 32.2. The molecule has 0 bridgehead atoms. The third-order valence-electron chi connectivity index (χ3n) is 5.37. The van der Waals surface area contributed by atoms with Crippen molar-refractivity contribution < 1.29 is 0 Å². The minimum Gasteiger partial charge on any atom is -0.241 e. The lowest BCUT2D eigenvalue weighted by molar-refractivity contribution is 0.352. The maximum absolute atomic E-state index is 5.03. The van der Waals surface area contributed by atoms with Crippen LogP contribution in [0.2, 0.25) is 0 Å². The summed E-state index contributed by atoms with van der Waals surface area (Å²) in [6.07, 6.45) is 1.80. The van der Waals surface area contributed by atoms with Crippen LogP contribution in [0.15, 0.2) is 63.1 Å². The number of aryl methyl sites for hydroxylation is 3. The predicted molar refractivity (Wildman–Crippen MR) is 123 cm³/mol. The van der Waals surface area contributed by atoms with E-state index >= 15 is 0 Å². The van der Waals surface area contributed by atoms with Gasteiger partial charge in [-0.1, -0.05) is 68.6 Å². The number of nitrogens with zero attached hydrogens (tertiary/aromatic N) is 3. The Bertz CT molecular complexity index is 974. The average Bonchev–Trinajstić information content (AvgIpc) is 2.62. The Kier molecular flexibility index (Phi) is 6.15. The third-order valence-corrected chi connectivity index (χ3v) is 7.44. The van der Waals surface area contributed by atoms with Gasteiger partial charge in [0.15, 0.2) is 5.16 Å². The van der Waals surface area contributed by atoms with E-state index in [9.17, 15) is 0 Å². The van der Waals surface area contributed by atoms with Crippen molar-refractivity contribution in [1.29, 1.82) is 0 Å². The van der Waals surface area contributed by atoms with Crippen molar-refractivity contribution in [2.75, 3.05) is 0 Å². The first-order valence-corrected chi connectivity index (χ1v) is 11.1. The Balaban J connectivity index is 2.03. The summed E-state index contributed by atoms with van der Waals surface area (Å²) in [5.41, 5.74) is 5.63. The smallest absolute Gasteiger partial charge is 0.192 e. The first-order chi connectivity index (χ1) is 13.2. The number of aromatic nitrogens is 2. The van der Waals surface area contributed by atoms with Crippen molar-refractivity contribution in [2.24, 2.45) is 16.3 Å². The molecule has 0 saturated carbocycles. The van der Waals surface area contributed by atoms with E-state index in [0.29, 0.717) is 5.92 Å². The summed E-state index contributed by atoms with van der Waals surface area (Å²) in [5, 5.41) is 3.95. The van der Waals surface area contributed by atoms with Gasteiger partial charge in [0.1, 0.15) is 5.04 Å². The number of hydrogen-bond acceptors (Lipinski definition) is 5. The van der Waals surface area contributed by atoms with E-state index < -0.39 is 0 Å². The van der Waals surface area contributed by atoms with Crippen molar-refractivity contribution in [1.82, 2.24) is 9.97 Å². The van der Waals surface area contributed by atoms with Crippen molar-refractivity contribution in [3.63, 3.8) is 0 Å². The molecule has 0 radical (unpaired) electrons. The fourth-order valence-electron chi connectivity index (χ4n) is 3.00. The van der Waals surface area contributed by atoms with Gasteiger partial charge in [-0.25, -0.2) is 15.0 Å². The molecule has 0 aliphatic carbocycles. The molecule has 28 heavy (non-hydrogen) atoms. The van der Waals surface area contributed by atoms with E-state index in [1.54, 1.807) is 29.7 Å². The van der Waals surface area contributed by atoms with Gasteiger partial charge in [0.25, 0.3) is 0 Å². The van der Waals surface area contributed by atoms with Crippen LogP contribution in [-0.2, 0) is 0 Å². The molecule has 1 aromatic carbocycles. The van der Waals surface area contributed by atoms with E-state index in [4.69, 9.17) is 4.99 Å². The molecule has 1 aliphatic rings. The summed E-state index contributed by atoms with van der Waals surface area (Å²) in [5.74, 6) is 0.295. The molecule has 2 aromatic rings. The van der Waals surface area contributed by atoms with Gasteiger partial charge < -0.3 is 0 Å². The molecular formula is C23H27N3S2. The van der Waals surface area contributed by atoms with Crippen LogP contribution in [0.25, 0.3) is 0 Å². The van der Waals surface area contributed by atoms with E-state index in [1.807, 2.05) is 13.0 Å². The third kappa shape index (κ3) is 4.41. The molecule has 0 N–H and O–H groups in total. The molecule has 2 heterocycles. The zero-order valence-corrected chi connectivity index (χ0v) is 19.0. The van der Waals surface area contributed by atoms with E-state index in [-0.39, 0.29) is 5.41 Å². The number of allylic oxidation sites excluding steroid dienone is 1. The highest BCUT2D eigenvalue weighted by molar-refractivity contribution is 8.17. The van der Waals surface area contributed by atoms with E-state index in [0.717, 1.165) is 26.5 Å². The number of hydrogen-bond donors (Lipinski definition) is 0. The summed E-state index contributed by atoms with van der Waals surface area (Å²) in [7, 11) is 0. The second-order valence-electron chi connectivity index (χ2n) is 7.85. The topological polar surface area (TPSA) is 38.1 Å². The quantitative estimate of drug-likeness (QED) is 0.403. The van der Waals surface area contributed by atoms with Crippen LogP contribution in [0.1, 0.15) is 37.6 Å². The molecule has 3 rings (SSSR count). The molecule has 146 valence electrons.